The minimum Gasteiger partial charge on any atom is -0.383 e. The van der Waals surface area contributed by atoms with E-state index in [2.05, 4.69) is 15.8 Å². The summed E-state index contributed by atoms with van der Waals surface area (Å²) in [6.07, 6.45) is 2.35. The summed E-state index contributed by atoms with van der Waals surface area (Å²) in [5.74, 6) is -0.953. The molecular formula is C15H17N3O4S. The van der Waals surface area contributed by atoms with Crippen molar-refractivity contribution >= 4 is 29.0 Å². The number of fused-ring (bicyclic) bond motifs is 1. The first-order chi connectivity index (χ1) is 11.0. The highest BCUT2D eigenvalue weighted by atomic mass is 32.1. The van der Waals surface area contributed by atoms with Crippen molar-refractivity contribution in [1.29, 1.82) is 0 Å². The van der Waals surface area contributed by atoms with E-state index in [1.165, 1.54) is 6.07 Å². The predicted octanol–water partition coefficient (Wildman–Crippen LogP) is 1.32. The lowest BCUT2D eigenvalue weighted by molar-refractivity contribution is -0.137. The number of aryl methyl sites for hydroxylation is 2. The molecule has 0 radical (unpaired) electrons. The molecule has 1 atom stereocenters. The monoisotopic (exact) mass is 335 g/mol. The molecule has 3 rings (SSSR count). The first kappa shape index (κ1) is 15.7. The summed E-state index contributed by atoms with van der Waals surface area (Å²) in [7, 11) is 0. The molecule has 7 nitrogen and oxygen atoms in total. The van der Waals surface area contributed by atoms with Gasteiger partial charge < -0.3 is 14.9 Å². The zero-order chi connectivity index (χ0) is 16.4. The van der Waals surface area contributed by atoms with E-state index >= 15 is 0 Å². The number of rotatable bonds is 3. The highest BCUT2D eigenvalue weighted by Gasteiger charge is 2.35. The molecule has 3 N–H and O–H groups in total. The van der Waals surface area contributed by atoms with Crippen molar-refractivity contribution in [3.05, 3.63) is 33.7 Å². The first-order valence-corrected chi connectivity index (χ1v) is 8.18. The Hall–Kier alpha value is -2.19. The fourth-order valence-electron chi connectivity index (χ4n) is 2.71. The molecule has 0 aromatic carbocycles. The number of carbonyl (C=O) groups is 2. The lowest BCUT2D eigenvalue weighted by Crippen LogP contribution is -2.45. The second kappa shape index (κ2) is 6.13. The van der Waals surface area contributed by atoms with Crippen molar-refractivity contribution in [3.8, 4) is 0 Å². The summed E-state index contributed by atoms with van der Waals surface area (Å²) >= 11 is 1.60. The maximum Gasteiger partial charge on any atom is 0.314 e. The van der Waals surface area contributed by atoms with Crippen LogP contribution in [0.2, 0.25) is 0 Å². The topological polar surface area (TPSA) is 104 Å². The molecule has 122 valence electrons. The zero-order valence-corrected chi connectivity index (χ0v) is 13.4. The summed E-state index contributed by atoms with van der Waals surface area (Å²) in [5.41, 5.74) is -0.268. The number of nitrogens with one attached hydrogen (secondary N) is 2. The number of anilines is 1. The van der Waals surface area contributed by atoms with Gasteiger partial charge in [0, 0.05) is 10.9 Å². The third-order valence-electron chi connectivity index (χ3n) is 3.86. The lowest BCUT2D eigenvalue weighted by Gasteiger charge is -2.32. The molecule has 1 unspecified atom stereocenters. The molecule has 0 saturated carbocycles. The van der Waals surface area contributed by atoms with Gasteiger partial charge in [0.2, 0.25) is 0 Å². The van der Waals surface area contributed by atoms with E-state index in [9.17, 15) is 14.7 Å². The Morgan fingerprint density at radius 1 is 1.48 bits per heavy atom. The fraction of sp³-hybridized carbons (Fsp3) is 0.400. The Labute approximate surface area is 136 Å². The normalized spacial score (nSPS) is 19.9. The van der Waals surface area contributed by atoms with Gasteiger partial charge in [-0.1, -0.05) is 5.16 Å². The van der Waals surface area contributed by atoms with Crippen molar-refractivity contribution in [1.82, 2.24) is 10.5 Å². The SMILES string of the molecule is Cc1cc(NC(=O)C(=O)NCC2(O)CCCc3sccc32)no1. The summed E-state index contributed by atoms with van der Waals surface area (Å²) in [6.45, 7) is 1.68. The number of nitrogens with zero attached hydrogens (tertiary/aromatic N) is 1. The molecule has 1 aliphatic carbocycles. The van der Waals surface area contributed by atoms with Crippen molar-refractivity contribution < 1.29 is 19.2 Å². The van der Waals surface area contributed by atoms with E-state index < -0.39 is 17.4 Å². The van der Waals surface area contributed by atoms with Gasteiger partial charge in [-0.05, 0) is 43.2 Å². The molecule has 8 heteroatoms. The Balaban J connectivity index is 1.60. The first-order valence-electron chi connectivity index (χ1n) is 7.30. The quantitative estimate of drug-likeness (QED) is 0.734. The maximum absolute atomic E-state index is 11.9. The van der Waals surface area contributed by atoms with Crippen molar-refractivity contribution in [3.63, 3.8) is 0 Å². The van der Waals surface area contributed by atoms with Crippen molar-refractivity contribution in [2.45, 2.75) is 31.8 Å². The molecule has 2 amide bonds. The zero-order valence-electron chi connectivity index (χ0n) is 12.6. The van der Waals surface area contributed by atoms with Gasteiger partial charge in [-0.25, -0.2) is 0 Å². The van der Waals surface area contributed by atoms with Crippen LogP contribution in [0.5, 0.6) is 0 Å². The Morgan fingerprint density at radius 2 is 2.30 bits per heavy atom. The molecule has 0 spiro atoms. The van der Waals surface area contributed by atoms with Crippen LogP contribution in [0.1, 0.15) is 29.0 Å². The van der Waals surface area contributed by atoms with Crippen LogP contribution < -0.4 is 10.6 Å². The molecule has 0 bridgehead atoms. The van der Waals surface area contributed by atoms with E-state index in [1.54, 1.807) is 18.3 Å². The summed E-state index contributed by atoms with van der Waals surface area (Å²) in [5, 5.41) is 21.1. The van der Waals surface area contributed by atoms with Crippen LogP contribution in [-0.4, -0.2) is 28.6 Å². The number of amides is 2. The molecule has 0 fully saturated rings. The van der Waals surface area contributed by atoms with Gasteiger partial charge in [0.25, 0.3) is 0 Å². The lowest BCUT2D eigenvalue weighted by atomic mass is 9.83. The second-order valence-corrected chi connectivity index (χ2v) is 6.60. The van der Waals surface area contributed by atoms with Gasteiger partial charge in [0.05, 0.1) is 6.54 Å². The van der Waals surface area contributed by atoms with Crippen LogP contribution in [0.4, 0.5) is 5.82 Å². The van der Waals surface area contributed by atoms with Gasteiger partial charge in [-0.15, -0.1) is 11.3 Å². The minimum absolute atomic E-state index is 0.000823. The number of aliphatic hydroxyl groups is 1. The number of hydrogen-bond acceptors (Lipinski definition) is 6. The average Bonchev–Trinajstić information content (AvgIpc) is 3.15. The van der Waals surface area contributed by atoms with Crippen LogP contribution in [0.15, 0.2) is 22.0 Å². The third kappa shape index (κ3) is 3.27. The van der Waals surface area contributed by atoms with Gasteiger partial charge in [-0.2, -0.15) is 0 Å². The van der Waals surface area contributed by atoms with E-state index in [0.29, 0.717) is 12.2 Å². The molecule has 2 aromatic rings. The van der Waals surface area contributed by atoms with E-state index in [0.717, 1.165) is 23.3 Å². The highest BCUT2D eigenvalue weighted by Crippen LogP contribution is 2.37. The van der Waals surface area contributed by atoms with Gasteiger partial charge in [0.15, 0.2) is 5.82 Å². The number of aromatic nitrogens is 1. The Kier molecular flexibility index (Phi) is 4.18. The van der Waals surface area contributed by atoms with Crippen LogP contribution in [0.25, 0.3) is 0 Å². The average molecular weight is 335 g/mol. The van der Waals surface area contributed by atoms with Crippen LogP contribution in [-0.2, 0) is 21.6 Å². The summed E-state index contributed by atoms with van der Waals surface area (Å²) in [4.78, 5) is 24.8. The van der Waals surface area contributed by atoms with E-state index in [1.807, 2.05) is 11.4 Å². The fourth-order valence-corrected chi connectivity index (χ4v) is 3.73. The minimum atomic E-state index is -1.12. The number of hydrogen-bond donors (Lipinski definition) is 3. The van der Waals surface area contributed by atoms with Gasteiger partial charge in [0.1, 0.15) is 11.4 Å². The van der Waals surface area contributed by atoms with Gasteiger partial charge >= 0.3 is 11.8 Å². The maximum atomic E-state index is 11.9. The molecular weight excluding hydrogens is 318 g/mol. The van der Waals surface area contributed by atoms with Crippen LogP contribution in [0.3, 0.4) is 0 Å². The Morgan fingerprint density at radius 3 is 3.04 bits per heavy atom. The number of carbonyl (C=O) groups excluding carboxylic acids is 2. The third-order valence-corrected chi connectivity index (χ3v) is 4.84. The standard InChI is InChI=1S/C15H17N3O4S/c1-9-7-12(18-22-9)17-14(20)13(19)16-8-15(21)5-2-3-11-10(15)4-6-23-11/h4,6-7,21H,2-3,5,8H2,1H3,(H,16,19)(H,17,18,20). The summed E-state index contributed by atoms with van der Waals surface area (Å²) in [6, 6.07) is 3.39. The van der Waals surface area contributed by atoms with Gasteiger partial charge in [-0.3, -0.25) is 14.9 Å². The van der Waals surface area contributed by atoms with E-state index in [4.69, 9.17) is 4.52 Å². The molecule has 0 aliphatic heterocycles. The van der Waals surface area contributed by atoms with Crippen LogP contribution in [0, 0.1) is 6.92 Å². The smallest absolute Gasteiger partial charge is 0.314 e. The van der Waals surface area contributed by atoms with Crippen molar-refractivity contribution in [2.24, 2.45) is 0 Å². The highest BCUT2D eigenvalue weighted by molar-refractivity contribution is 7.10. The largest absolute Gasteiger partial charge is 0.383 e. The van der Waals surface area contributed by atoms with E-state index in [-0.39, 0.29) is 12.4 Å². The second-order valence-electron chi connectivity index (χ2n) is 5.60. The molecule has 2 aromatic heterocycles. The molecule has 0 saturated heterocycles. The predicted molar refractivity (Wildman–Crippen MR) is 84.0 cm³/mol. The molecule has 2 heterocycles. The van der Waals surface area contributed by atoms with Crippen molar-refractivity contribution in [2.75, 3.05) is 11.9 Å². The Bertz CT molecular complexity index is 739. The van der Waals surface area contributed by atoms with Crippen LogP contribution >= 0.6 is 11.3 Å². The number of thiophene rings is 1. The summed E-state index contributed by atoms with van der Waals surface area (Å²) < 4.78 is 4.81. The molecule has 23 heavy (non-hydrogen) atoms. The molecule has 1 aliphatic rings.